The Morgan fingerprint density at radius 1 is 0.780 bits per heavy atom. The van der Waals surface area contributed by atoms with Gasteiger partial charge in [0.05, 0.1) is 6.04 Å². The number of amides is 3. The van der Waals surface area contributed by atoms with Crippen LogP contribution in [0.1, 0.15) is 44.2 Å². The fourth-order valence-electron chi connectivity index (χ4n) is 4.06. The minimum atomic E-state index is -1.33. The first-order valence-corrected chi connectivity index (χ1v) is 13.3. The molecule has 0 fully saturated rings. The molecule has 0 aliphatic carbocycles. The van der Waals surface area contributed by atoms with E-state index in [1.54, 1.807) is 56.3 Å². The van der Waals surface area contributed by atoms with Crippen molar-refractivity contribution < 1.29 is 39.3 Å². The number of carboxylic acid groups (broad SMARTS) is 2. The Labute approximate surface area is 238 Å². The monoisotopic (exact) mass is 570 g/mol. The van der Waals surface area contributed by atoms with Gasteiger partial charge in [0.25, 0.3) is 0 Å². The quantitative estimate of drug-likeness (QED) is 0.153. The van der Waals surface area contributed by atoms with Crippen LogP contribution in [0.25, 0.3) is 0 Å². The van der Waals surface area contributed by atoms with Crippen LogP contribution in [0.2, 0.25) is 0 Å². The number of carbonyl (C=O) groups excluding carboxylic acids is 3. The molecule has 12 heteroatoms. The van der Waals surface area contributed by atoms with Crippen molar-refractivity contribution >= 4 is 29.7 Å². The van der Waals surface area contributed by atoms with E-state index in [0.29, 0.717) is 17.5 Å². The molecule has 0 aliphatic heterocycles. The predicted octanol–water partition coefficient (Wildman–Crippen LogP) is 0.955. The van der Waals surface area contributed by atoms with Crippen LogP contribution >= 0.6 is 0 Å². The number of nitrogens with two attached hydrogens (primary N) is 1. The average molecular weight is 571 g/mol. The van der Waals surface area contributed by atoms with Crippen LogP contribution in [0, 0.1) is 5.92 Å². The summed E-state index contributed by atoms with van der Waals surface area (Å²) < 4.78 is 0. The molecule has 2 aromatic carbocycles. The zero-order chi connectivity index (χ0) is 30.5. The fraction of sp³-hybridized carbons (Fsp3) is 0.414. The number of aromatic hydroxyl groups is 1. The molecule has 222 valence electrons. The summed E-state index contributed by atoms with van der Waals surface area (Å²) in [5, 5.41) is 35.8. The third-order valence-corrected chi connectivity index (χ3v) is 6.70. The average Bonchev–Trinajstić information content (AvgIpc) is 2.94. The summed E-state index contributed by atoms with van der Waals surface area (Å²) in [6.45, 7) is 3.47. The third kappa shape index (κ3) is 10.9. The summed E-state index contributed by atoms with van der Waals surface area (Å²) in [6.07, 6.45) is -0.129. The molecule has 0 saturated carbocycles. The Morgan fingerprint density at radius 3 is 1.90 bits per heavy atom. The van der Waals surface area contributed by atoms with Gasteiger partial charge in [0.1, 0.15) is 23.9 Å². The summed E-state index contributed by atoms with van der Waals surface area (Å²) in [5.74, 6) is -5.01. The van der Waals surface area contributed by atoms with Crippen molar-refractivity contribution in [2.75, 3.05) is 0 Å². The number of aliphatic carboxylic acids is 2. The number of hydrogen-bond acceptors (Lipinski definition) is 7. The van der Waals surface area contributed by atoms with Gasteiger partial charge >= 0.3 is 11.9 Å². The van der Waals surface area contributed by atoms with Gasteiger partial charge in [0.15, 0.2) is 0 Å². The highest BCUT2D eigenvalue weighted by Crippen LogP contribution is 2.12. The van der Waals surface area contributed by atoms with Crippen LogP contribution in [0.4, 0.5) is 0 Å². The molecule has 0 bridgehead atoms. The Morgan fingerprint density at radius 2 is 1.34 bits per heavy atom. The Kier molecular flexibility index (Phi) is 12.8. The molecule has 0 spiro atoms. The standard InChI is InChI=1S/C29H38N4O8/c1-3-17(2)25(29(40)41)33-28(39)23(16-18-7-5-4-6-8-18)32-27(38)22(13-14-24(35)36)31-26(37)21(30)15-19-9-11-20(34)12-10-19/h4-12,17,21-23,25,34H,3,13-16,30H2,1-2H3,(H,31,37)(H,32,38)(H,33,39)(H,35,36)(H,40,41). The predicted molar refractivity (Wildman–Crippen MR) is 150 cm³/mol. The molecule has 8 N–H and O–H groups in total. The SMILES string of the molecule is CCC(C)C(NC(=O)C(Cc1ccccc1)NC(=O)C(CCC(=O)O)NC(=O)C(N)Cc1ccc(O)cc1)C(=O)O. The third-order valence-electron chi connectivity index (χ3n) is 6.70. The summed E-state index contributed by atoms with van der Waals surface area (Å²) in [5.41, 5.74) is 7.37. The van der Waals surface area contributed by atoms with E-state index in [0.717, 1.165) is 0 Å². The number of carbonyl (C=O) groups is 5. The molecule has 5 atom stereocenters. The molecular formula is C29H38N4O8. The second-order valence-electron chi connectivity index (χ2n) is 9.93. The molecule has 5 unspecified atom stereocenters. The lowest BCUT2D eigenvalue weighted by molar-refractivity contribution is -0.143. The van der Waals surface area contributed by atoms with Crippen LogP contribution in [0.15, 0.2) is 54.6 Å². The largest absolute Gasteiger partial charge is 0.508 e. The van der Waals surface area contributed by atoms with E-state index >= 15 is 0 Å². The molecule has 12 nitrogen and oxygen atoms in total. The lowest BCUT2D eigenvalue weighted by Gasteiger charge is -2.26. The van der Waals surface area contributed by atoms with Gasteiger partial charge in [0.2, 0.25) is 17.7 Å². The maximum Gasteiger partial charge on any atom is 0.326 e. The Hall–Kier alpha value is -4.45. The van der Waals surface area contributed by atoms with Crippen LogP contribution in [0.5, 0.6) is 5.75 Å². The van der Waals surface area contributed by atoms with Crippen LogP contribution < -0.4 is 21.7 Å². The van der Waals surface area contributed by atoms with Gasteiger partial charge in [-0.1, -0.05) is 62.7 Å². The zero-order valence-corrected chi connectivity index (χ0v) is 23.1. The zero-order valence-electron chi connectivity index (χ0n) is 23.1. The summed E-state index contributed by atoms with van der Waals surface area (Å²) in [7, 11) is 0. The smallest absolute Gasteiger partial charge is 0.326 e. The normalized spacial score (nSPS) is 14.5. The van der Waals surface area contributed by atoms with Gasteiger partial charge in [0, 0.05) is 12.8 Å². The topological polar surface area (TPSA) is 208 Å². The van der Waals surface area contributed by atoms with Gasteiger partial charge < -0.3 is 37.0 Å². The van der Waals surface area contributed by atoms with Crippen molar-refractivity contribution in [3.8, 4) is 5.75 Å². The highest BCUT2D eigenvalue weighted by atomic mass is 16.4. The highest BCUT2D eigenvalue weighted by Gasteiger charge is 2.32. The van der Waals surface area contributed by atoms with E-state index in [4.69, 9.17) is 5.73 Å². The number of phenolic OH excluding ortho intramolecular Hbond substituents is 1. The Bertz CT molecular complexity index is 1190. The number of carboxylic acids is 2. The van der Waals surface area contributed by atoms with Crippen LogP contribution in [-0.2, 0) is 36.8 Å². The maximum atomic E-state index is 13.3. The van der Waals surface area contributed by atoms with Gasteiger partial charge in [-0.3, -0.25) is 19.2 Å². The number of hydrogen-bond donors (Lipinski definition) is 7. The molecule has 2 aromatic rings. The van der Waals surface area contributed by atoms with Crippen molar-refractivity contribution in [2.24, 2.45) is 11.7 Å². The van der Waals surface area contributed by atoms with Crippen LogP contribution in [0.3, 0.4) is 0 Å². The lowest BCUT2D eigenvalue weighted by Crippen LogP contribution is -2.58. The summed E-state index contributed by atoms with van der Waals surface area (Å²) >= 11 is 0. The van der Waals surface area contributed by atoms with E-state index in [1.165, 1.54) is 12.1 Å². The van der Waals surface area contributed by atoms with E-state index in [2.05, 4.69) is 16.0 Å². The molecule has 0 aromatic heterocycles. The second-order valence-corrected chi connectivity index (χ2v) is 9.93. The van der Waals surface area contributed by atoms with Crippen molar-refractivity contribution in [1.29, 1.82) is 0 Å². The minimum Gasteiger partial charge on any atom is -0.508 e. The fourth-order valence-corrected chi connectivity index (χ4v) is 4.06. The van der Waals surface area contributed by atoms with Gasteiger partial charge in [-0.25, -0.2) is 4.79 Å². The molecular weight excluding hydrogens is 532 g/mol. The van der Waals surface area contributed by atoms with Crippen molar-refractivity contribution in [2.45, 2.75) is 70.1 Å². The van der Waals surface area contributed by atoms with Crippen molar-refractivity contribution in [3.05, 3.63) is 65.7 Å². The van der Waals surface area contributed by atoms with E-state index in [1.807, 2.05) is 0 Å². The van der Waals surface area contributed by atoms with Gasteiger partial charge in [-0.2, -0.15) is 0 Å². The first-order valence-electron chi connectivity index (χ1n) is 13.3. The second kappa shape index (κ2) is 16.0. The van der Waals surface area contributed by atoms with Gasteiger partial charge in [-0.15, -0.1) is 0 Å². The van der Waals surface area contributed by atoms with E-state index in [9.17, 15) is 39.3 Å². The molecule has 3 amide bonds. The molecule has 0 heterocycles. The van der Waals surface area contributed by atoms with Crippen molar-refractivity contribution in [3.63, 3.8) is 0 Å². The molecule has 0 aliphatic rings. The molecule has 41 heavy (non-hydrogen) atoms. The molecule has 0 saturated heterocycles. The van der Waals surface area contributed by atoms with Gasteiger partial charge in [-0.05, 0) is 42.0 Å². The molecule has 2 rings (SSSR count). The Balaban J connectivity index is 2.23. The van der Waals surface area contributed by atoms with E-state index < -0.39 is 60.2 Å². The number of benzene rings is 2. The van der Waals surface area contributed by atoms with E-state index in [-0.39, 0.29) is 30.9 Å². The maximum absolute atomic E-state index is 13.3. The van der Waals surface area contributed by atoms with Crippen LogP contribution in [-0.4, -0.2) is 69.1 Å². The first kappa shape index (κ1) is 32.8. The molecule has 0 radical (unpaired) electrons. The lowest BCUT2D eigenvalue weighted by atomic mass is 9.98. The first-order chi connectivity index (χ1) is 19.4. The number of rotatable bonds is 16. The highest BCUT2D eigenvalue weighted by molar-refractivity contribution is 5.94. The summed E-state index contributed by atoms with van der Waals surface area (Å²) in [4.78, 5) is 62.5. The number of nitrogens with one attached hydrogen (secondary N) is 3. The summed E-state index contributed by atoms with van der Waals surface area (Å²) in [6, 6.07) is 9.98. The van der Waals surface area contributed by atoms with Crippen molar-refractivity contribution in [1.82, 2.24) is 16.0 Å². The number of phenols is 1. The minimum absolute atomic E-state index is 0.0191.